The monoisotopic (exact) mass is 375 g/mol. The highest BCUT2D eigenvalue weighted by Crippen LogP contribution is 2.11. The Morgan fingerprint density at radius 3 is 2.63 bits per heavy atom. The third-order valence-electron chi connectivity index (χ3n) is 4.41. The number of nitrogens with zero attached hydrogens (tertiary/aromatic N) is 2. The van der Waals surface area contributed by atoms with E-state index in [1.807, 2.05) is 25.1 Å². The number of amides is 1. The van der Waals surface area contributed by atoms with E-state index in [0.29, 0.717) is 12.6 Å². The van der Waals surface area contributed by atoms with Crippen LogP contribution in [0.2, 0.25) is 0 Å². The number of hydrogen-bond acceptors (Lipinski definition) is 4. The van der Waals surface area contributed by atoms with E-state index in [0.717, 1.165) is 63.6 Å². The van der Waals surface area contributed by atoms with E-state index in [2.05, 4.69) is 40.0 Å². The molecule has 1 amide bonds. The highest BCUT2D eigenvalue weighted by atomic mass is 16.6. The molecule has 0 aliphatic carbocycles. The number of rotatable bonds is 8. The van der Waals surface area contributed by atoms with Crippen molar-refractivity contribution in [2.24, 2.45) is 4.99 Å². The number of likely N-dealkylation sites (tertiary alicyclic amines) is 1. The van der Waals surface area contributed by atoms with Gasteiger partial charge in [0.1, 0.15) is 0 Å². The third-order valence-corrected chi connectivity index (χ3v) is 4.41. The maximum Gasteiger partial charge on any atom is 0.409 e. The summed E-state index contributed by atoms with van der Waals surface area (Å²) in [5, 5.41) is 10.2. The van der Waals surface area contributed by atoms with E-state index >= 15 is 0 Å². The van der Waals surface area contributed by atoms with Crippen LogP contribution in [-0.2, 0) is 4.74 Å². The van der Waals surface area contributed by atoms with Gasteiger partial charge in [-0.2, -0.15) is 0 Å². The van der Waals surface area contributed by atoms with Crippen LogP contribution in [0.15, 0.2) is 35.3 Å². The van der Waals surface area contributed by atoms with Crippen molar-refractivity contribution >= 4 is 17.7 Å². The molecule has 150 valence electrons. The first kappa shape index (κ1) is 20.9. The van der Waals surface area contributed by atoms with Gasteiger partial charge in [0.2, 0.25) is 0 Å². The van der Waals surface area contributed by atoms with E-state index < -0.39 is 0 Å². The van der Waals surface area contributed by atoms with Crippen LogP contribution in [0.25, 0.3) is 0 Å². The lowest BCUT2D eigenvalue weighted by molar-refractivity contribution is 0.0963. The molecule has 0 atom stereocenters. The molecule has 2 rings (SSSR count). The summed E-state index contributed by atoms with van der Waals surface area (Å²) in [5.41, 5.74) is 1.14. The number of carbonyl (C=O) groups is 1. The second-order valence-corrected chi connectivity index (χ2v) is 6.51. The zero-order valence-electron chi connectivity index (χ0n) is 16.5. The molecular formula is C20H33N5O2. The minimum atomic E-state index is -0.206. The number of piperidine rings is 1. The van der Waals surface area contributed by atoms with Gasteiger partial charge in [0.25, 0.3) is 0 Å². The number of hydrogen-bond donors (Lipinski definition) is 3. The molecule has 27 heavy (non-hydrogen) atoms. The van der Waals surface area contributed by atoms with Gasteiger partial charge in [0.05, 0.1) is 6.61 Å². The van der Waals surface area contributed by atoms with E-state index in [-0.39, 0.29) is 6.09 Å². The lowest BCUT2D eigenvalue weighted by Crippen LogP contribution is -2.50. The van der Waals surface area contributed by atoms with Crippen molar-refractivity contribution in [3.8, 4) is 0 Å². The van der Waals surface area contributed by atoms with Gasteiger partial charge < -0.3 is 25.6 Å². The second kappa shape index (κ2) is 12.0. The molecule has 1 aliphatic heterocycles. The van der Waals surface area contributed by atoms with Gasteiger partial charge in [-0.25, -0.2) is 4.79 Å². The molecule has 1 saturated heterocycles. The number of guanidine groups is 1. The van der Waals surface area contributed by atoms with E-state index in [9.17, 15) is 4.79 Å². The summed E-state index contributed by atoms with van der Waals surface area (Å²) >= 11 is 0. The van der Waals surface area contributed by atoms with Gasteiger partial charge in [-0.1, -0.05) is 18.2 Å². The maximum absolute atomic E-state index is 11.8. The molecule has 3 N–H and O–H groups in total. The smallest absolute Gasteiger partial charge is 0.409 e. The fourth-order valence-electron chi connectivity index (χ4n) is 2.99. The standard InChI is InChI=1S/C20H33N5O2/c1-3-21-19(23-14-8-13-22-17-9-6-5-7-10-17)24-18-11-15-25(16-12-18)20(26)27-4-2/h5-7,9-10,18,22H,3-4,8,11-16H2,1-2H3,(H2,21,23,24). The lowest BCUT2D eigenvalue weighted by atomic mass is 10.1. The van der Waals surface area contributed by atoms with Crippen molar-refractivity contribution in [2.45, 2.75) is 39.2 Å². The van der Waals surface area contributed by atoms with E-state index in [1.54, 1.807) is 4.90 Å². The van der Waals surface area contributed by atoms with Crippen LogP contribution in [0.1, 0.15) is 33.1 Å². The van der Waals surface area contributed by atoms with E-state index in [1.165, 1.54) is 0 Å². The molecule has 0 saturated carbocycles. The number of ether oxygens (including phenoxy) is 1. The van der Waals surface area contributed by atoms with Crippen molar-refractivity contribution in [3.05, 3.63) is 30.3 Å². The van der Waals surface area contributed by atoms with Crippen LogP contribution in [0.4, 0.5) is 10.5 Å². The third kappa shape index (κ3) is 7.76. The maximum atomic E-state index is 11.8. The van der Waals surface area contributed by atoms with Crippen LogP contribution in [0.5, 0.6) is 0 Å². The van der Waals surface area contributed by atoms with Gasteiger partial charge >= 0.3 is 6.09 Å². The summed E-state index contributed by atoms with van der Waals surface area (Å²) in [6.45, 7) is 8.25. The molecule has 0 unspecified atom stereocenters. The number of aliphatic imine (C=N–C) groups is 1. The number of nitrogens with one attached hydrogen (secondary N) is 3. The Labute approximate surface area is 162 Å². The summed E-state index contributed by atoms with van der Waals surface area (Å²) in [7, 11) is 0. The zero-order valence-corrected chi connectivity index (χ0v) is 16.5. The van der Waals surface area contributed by atoms with Gasteiger partial charge in [0.15, 0.2) is 5.96 Å². The van der Waals surface area contributed by atoms with Crippen molar-refractivity contribution in [2.75, 3.05) is 44.6 Å². The molecule has 7 heteroatoms. The van der Waals surface area contributed by atoms with E-state index in [4.69, 9.17) is 4.74 Å². The predicted octanol–water partition coefficient (Wildman–Crippen LogP) is 2.66. The average molecular weight is 376 g/mol. The molecule has 0 aromatic heterocycles. The van der Waals surface area contributed by atoms with Crippen LogP contribution in [0, 0.1) is 0 Å². The quantitative estimate of drug-likeness (QED) is 0.370. The highest BCUT2D eigenvalue weighted by molar-refractivity contribution is 5.80. The molecule has 1 aromatic carbocycles. The zero-order chi connectivity index (χ0) is 19.3. The summed E-state index contributed by atoms with van der Waals surface area (Å²) < 4.78 is 5.07. The van der Waals surface area contributed by atoms with Crippen molar-refractivity contribution in [1.29, 1.82) is 0 Å². The average Bonchev–Trinajstić information content (AvgIpc) is 2.69. The van der Waals surface area contributed by atoms with Crippen LogP contribution in [0.3, 0.4) is 0 Å². The number of carbonyl (C=O) groups excluding carboxylic acids is 1. The Hall–Kier alpha value is -2.44. The van der Waals surface area contributed by atoms with Crippen LogP contribution >= 0.6 is 0 Å². The van der Waals surface area contributed by atoms with Crippen molar-refractivity contribution < 1.29 is 9.53 Å². The van der Waals surface area contributed by atoms with Gasteiger partial charge in [-0.15, -0.1) is 0 Å². The fraction of sp³-hybridized carbons (Fsp3) is 0.600. The minimum absolute atomic E-state index is 0.206. The fourth-order valence-corrected chi connectivity index (χ4v) is 2.99. The highest BCUT2D eigenvalue weighted by Gasteiger charge is 2.23. The summed E-state index contributed by atoms with van der Waals surface area (Å²) in [6.07, 6.45) is 2.56. The molecule has 0 spiro atoms. The van der Waals surface area contributed by atoms with Crippen LogP contribution < -0.4 is 16.0 Å². The topological polar surface area (TPSA) is 78.0 Å². The largest absolute Gasteiger partial charge is 0.450 e. The predicted molar refractivity (Wildman–Crippen MR) is 110 cm³/mol. The second-order valence-electron chi connectivity index (χ2n) is 6.51. The summed E-state index contributed by atoms with van der Waals surface area (Å²) in [6, 6.07) is 10.5. The molecule has 1 aliphatic rings. The molecular weight excluding hydrogens is 342 g/mol. The SMILES string of the molecule is CCNC(=NCCCNc1ccccc1)NC1CCN(C(=O)OCC)CC1. The summed E-state index contributed by atoms with van der Waals surface area (Å²) in [5.74, 6) is 0.854. The molecule has 1 heterocycles. The number of para-hydroxylation sites is 1. The molecule has 1 aromatic rings. The summed E-state index contributed by atoms with van der Waals surface area (Å²) in [4.78, 5) is 18.2. The Kier molecular flexibility index (Phi) is 9.30. The number of anilines is 1. The van der Waals surface area contributed by atoms with Gasteiger partial charge in [0, 0.05) is 44.5 Å². The molecule has 7 nitrogen and oxygen atoms in total. The first-order chi connectivity index (χ1) is 13.2. The lowest BCUT2D eigenvalue weighted by Gasteiger charge is -2.32. The van der Waals surface area contributed by atoms with Crippen molar-refractivity contribution in [1.82, 2.24) is 15.5 Å². The van der Waals surface area contributed by atoms with Gasteiger partial charge in [-0.3, -0.25) is 4.99 Å². The van der Waals surface area contributed by atoms with Crippen LogP contribution in [-0.4, -0.2) is 62.3 Å². The Morgan fingerprint density at radius 2 is 1.96 bits per heavy atom. The molecule has 0 radical (unpaired) electrons. The molecule has 0 bridgehead atoms. The van der Waals surface area contributed by atoms with Crippen molar-refractivity contribution in [3.63, 3.8) is 0 Å². The Balaban J connectivity index is 1.69. The van der Waals surface area contributed by atoms with Gasteiger partial charge in [-0.05, 0) is 45.2 Å². The number of benzene rings is 1. The Bertz CT molecular complexity index is 571. The first-order valence-corrected chi connectivity index (χ1v) is 9.98. The Morgan fingerprint density at radius 1 is 1.22 bits per heavy atom. The first-order valence-electron chi connectivity index (χ1n) is 9.98. The molecule has 1 fully saturated rings. The minimum Gasteiger partial charge on any atom is -0.450 e. The normalized spacial score (nSPS) is 15.3.